The van der Waals surface area contributed by atoms with E-state index < -0.39 is 0 Å². The second-order valence-electron chi connectivity index (χ2n) is 6.71. The van der Waals surface area contributed by atoms with Crippen molar-refractivity contribution in [3.05, 3.63) is 99.3 Å². The Morgan fingerprint density at radius 2 is 1.50 bits per heavy atom. The minimum atomic E-state index is -0.0397. The van der Waals surface area contributed by atoms with Crippen LogP contribution in [0.4, 0.5) is 0 Å². The van der Waals surface area contributed by atoms with Gasteiger partial charge in [-0.2, -0.15) is 0 Å². The van der Waals surface area contributed by atoms with Crippen molar-refractivity contribution in [2.24, 2.45) is 0 Å². The van der Waals surface area contributed by atoms with Gasteiger partial charge in [0.1, 0.15) is 24.7 Å². The van der Waals surface area contributed by atoms with Gasteiger partial charge in [-0.15, -0.1) is 0 Å². The Morgan fingerprint density at radius 1 is 0.833 bits per heavy atom. The van der Waals surface area contributed by atoms with E-state index >= 15 is 0 Å². The van der Waals surface area contributed by atoms with Crippen LogP contribution in [0.25, 0.3) is 22.1 Å². The summed E-state index contributed by atoms with van der Waals surface area (Å²) in [5, 5.41) is 0. The number of ether oxygens (including phenoxy) is 2. The molecular formula is C24H18N2O3S. The van der Waals surface area contributed by atoms with Crippen molar-refractivity contribution in [2.75, 3.05) is 13.2 Å². The zero-order valence-corrected chi connectivity index (χ0v) is 16.8. The molecule has 6 heteroatoms. The Balaban J connectivity index is 1.29. The lowest BCUT2D eigenvalue weighted by Gasteiger charge is -2.08. The molecule has 2 heterocycles. The molecule has 148 valence electrons. The first-order chi connectivity index (χ1) is 14.8. The molecule has 5 nitrogen and oxygen atoms in total. The maximum absolute atomic E-state index is 12.8. The number of para-hydroxylation sites is 3. The summed E-state index contributed by atoms with van der Waals surface area (Å²) in [7, 11) is 0. The summed E-state index contributed by atoms with van der Waals surface area (Å²) in [5.41, 5.74) is 2.58. The van der Waals surface area contributed by atoms with Gasteiger partial charge in [-0.05, 0) is 48.0 Å². The molecule has 0 N–H and O–H groups in total. The van der Waals surface area contributed by atoms with Crippen molar-refractivity contribution < 1.29 is 9.47 Å². The molecule has 0 aliphatic rings. The van der Waals surface area contributed by atoms with Crippen LogP contribution in [-0.4, -0.2) is 22.6 Å². The summed E-state index contributed by atoms with van der Waals surface area (Å²) in [5.74, 6) is 1.59. The van der Waals surface area contributed by atoms with E-state index in [0.29, 0.717) is 22.7 Å². The van der Waals surface area contributed by atoms with Crippen LogP contribution in [0.1, 0.15) is 5.56 Å². The molecule has 2 aromatic heterocycles. The number of hydrogen-bond acceptors (Lipinski definition) is 5. The molecule has 3 aromatic carbocycles. The fourth-order valence-corrected chi connectivity index (χ4v) is 4.25. The van der Waals surface area contributed by atoms with Crippen LogP contribution in [-0.2, 0) is 0 Å². The largest absolute Gasteiger partial charge is 0.490 e. The van der Waals surface area contributed by atoms with Gasteiger partial charge >= 0.3 is 0 Å². The van der Waals surface area contributed by atoms with E-state index in [1.807, 2.05) is 84.9 Å². The van der Waals surface area contributed by atoms with E-state index in [2.05, 4.69) is 4.98 Å². The topological polar surface area (TPSA) is 52.8 Å². The average molecular weight is 414 g/mol. The number of benzene rings is 3. The molecule has 0 bridgehead atoms. The Morgan fingerprint density at radius 3 is 2.27 bits per heavy atom. The average Bonchev–Trinajstić information content (AvgIpc) is 3.29. The van der Waals surface area contributed by atoms with E-state index in [1.165, 1.54) is 11.3 Å². The van der Waals surface area contributed by atoms with Crippen LogP contribution in [0.5, 0.6) is 11.5 Å². The number of thiazole rings is 1. The molecule has 0 aliphatic carbocycles. The Hall–Kier alpha value is -3.64. The summed E-state index contributed by atoms with van der Waals surface area (Å²) in [6, 6.07) is 25.0. The first-order valence-corrected chi connectivity index (χ1v) is 10.4. The molecule has 30 heavy (non-hydrogen) atoms. The lowest BCUT2D eigenvalue weighted by molar-refractivity contribution is 0.217. The minimum absolute atomic E-state index is 0.0397. The van der Waals surface area contributed by atoms with Gasteiger partial charge in [-0.1, -0.05) is 53.8 Å². The number of imidazole rings is 1. The highest BCUT2D eigenvalue weighted by Crippen LogP contribution is 2.16. The summed E-state index contributed by atoms with van der Waals surface area (Å²) in [6.45, 7) is 0.929. The predicted molar refractivity (Wildman–Crippen MR) is 120 cm³/mol. The third kappa shape index (κ3) is 3.65. The molecule has 0 saturated heterocycles. The van der Waals surface area contributed by atoms with Crippen molar-refractivity contribution in [3.63, 3.8) is 0 Å². The maximum Gasteiger partial charge on any atom is 0.274 e. The van der Waals surface area contributed by atoms with Crippen molar-refractivity contribution in [2.45, 2.75) is 0 Å². The summed E-state index contributed by atoms with van der Waals surface area (Å²) in [6.07, 6.45) is 1.89. The molecular weight excluding hydrogens is 396 g/mol. The van der Waals surface area contributed by atoms with Crippen molar-refractivity contribution >= 4 is 33.4 Å². The number of nitrogens with zero attached hydrogens (tertiary/aromatic N) is 2. The molecule has 0 aliphatic heterocycles. The zero-order valence-electron chi connectivity index (χ0n) is 16.0. The molecule has 0 fully saturated rings. The highest BCUT2D eigenvalue weighted by molar-refractivity contribution is 7.15. The fourth-order valence-electron chi connectivity index (χ4n) is 3.26. The van der Waals surface area contributed by atoms with E-state index in [9.17, 15) is 4.79 Å². The quantitative estimate of drug-likeness (QED) is 0.395. The molecule has 0 spiro atoms. The summed E-state index contributed by atoms with van der Waals surface area (Å²) in [4.78, 5) is 18.1. The van der Waals surface area contributed by atoms with Gasteiger partial charge in [0.2, 0.25) is 0 Å². The fraction of sp³-hybridized carbons (Fsp3) is 0.0833. The molecule has 5 aromatic rings. The second kappa shape index (κ2) is 8.00. The van der Waals surface area contributed by atoms with Gasteiger partial charge in [0, 0.05) is 0 Å². The monoisotopic (exact) mass is 414 g/mol. The normalized spacial score (nSPS) is 11.9. The first-order valence-electron chi connectivity index (χ1n) is 9.60. The maximum atomic E-state index is 12.8. The lowest BCUT2D eigenvalue weighted by atomic mass is 10.2. The van der Waals surface area contributed by atoms with Gasteiger partial charge in [0.25, 0.3) is 5.56 Å². The molecule has 0 saturated carbocycles. The summed E-state index contributed by atoms with van der Waals surface area (Å²) >= 11 is 1.40. The predicted octanol–water partition coefficient (Wildman–Crippen LogP) is 3.91. The Labute approximate surface area is 176 Å². The SMILES string of the molecule is O=c1c(=Cc2ccc(OCCOc3ccccc3)cc2)sc2nc3ccccc3n12. The minimum Gasteiger partial charge on any atom is -0.490 e. The first kappa shape index (κ1) is 18.4. The Kier molecular flexibility index (Phi) is 4.91. The van der Waals surface area contributed by atoms with E-state index in [4.69, 9.17) is 9.47 Å². The number of rotatable bonds is 6. The van der Waals surface area contributed by atoms with Crippen LogP contribution < -0.4 is 19.6 Å². The van der Waals surface area contributed by atoms with E-state index in [1.54, 1.807) is 4.40 Å². The van der Waals surface area contributed by atoms with Crippen molar-refractivity contribution in [1.82, 2.24) is 9.38 Å². The van der Waals surface area contributed by atoms with E-state index in [-0.39, 0.29) is 5.56 Å². The molecule has 5 rings (SSSR count). The van der Waals surface area contributed by atoms with Crippen molar-refractivity contribution in [3.8, 4) is 11.5 Å². The van der Waals surface area contributed by atoms with Gasteiger partial charge in [-0.3, -0.25) is 4.79 Å². The van der Waals surface area contributed by atoms with Gasteiger partial charge in [-0.25, -0.2) is 9.38 Å². The smallest absolute Gasteiger partial charge is 0.274 e. The molecule has 0 radical (unpaired) electrons. The van der Waals surface area contributed by atoms with Gasteiger partial charge in [0.15, 0.2) is 4.96 Å². The number of fused-ring (bicyclic) bond motifs is 3. The Bertz CT molecular complexity index is 1410. The third-order valence-corrected chi connectivity index (χ3v) is 5.66. The second-order valence-corrected chi connectivity index (χ2v) is 7.72. The van der Waals surface area contributed by atoms with Crippen molar-refractivity contribution in [1.29, 1.82) is 0 Å². The molecule has 0 unspecified atom stereocenters. The highest BCUT2D eigenvalue weighted by atomic mass is 32.1. The van der Waals surface area contributed by atoms with Crippen LogP contribution in [0, 0.1) is 0 Å². The van der Waals surface area contributed by atoms with Crippen LogP contribution in [0.3, 0.4) is 0 Å². The number of aromatic nitrogens is 2. The summed E-state index contributed by atoms with van der Waals surface area (Å²) < 4.78 is 13.7. The van der Waals surface area contributed by atoms with Crippen LogP contribution >= 0.6 is 11.3 Å². The van der Waals surface area contributed by atoms with Crippen LogP contribution in [0.15, 0.2) is 83.7 Å². The molecule has 0 atom stereocenters. The zero-order chi connectivity index (χ0) is 20.3. The van der Waals surface area contributed by atoms with Crippen LogP contribution in [0.2, 0.25) is 0 Å². The molecule has 0 amide bonds. The highest BCUT2D eigenvalue weighted by Gasteiger charge is 2.10. The lowest BCUT2D eigenvalue weighted by Crippen LogP contribution is -2.22. The standard InChI is InChI=1S/C24H18N2O3S/c27-23-22(30-24-25-20-8-4-5-9-21(20)26(23)24)16-17-10-12-19(13-11-17)29-15-14-28-18-6-2-1-3-7-18/h1-13,16H,14-15H2. The van der Waals surface area contributed by atoms with E-state index in [0.717, 1.165) is 28.1 Å². The number of hydrogen-bond donors (Lipinski definition) is 0. The van der Waals surface area contributed by atoms with Gasteiger partial charge in [0.05, 0.1) is 15.6 Å². The van der Waals surface area contributed by atoms with Gasteiger partial charge < -0.3 is 9.47 Å². The third-order valence-electron chi connectivity index (χ3n) is 4.69.